The van der Waals surface area contributed by atoms with Crippen molar-refractivity contribution in [3.05, 3.63) is 63.6 Å². The number of likely N-dealkylation sites (tertiary alicyclic amines) is 1. The maximum Gasteiger partial charge on any atom is 0.295 e. The maximum absolute atomic E-state index is 13.4. The summed E-state index contributed by atoms with van der Waals surface area (Å²) in [6.45, 7) is 8.56. The fraction of sp³-hybridized carbons (Fsp3) is 0.448. The molecule has 204 valence electrons. The van der Waals surface area contributed by atoms with E-state index in [-0.39, 0.29) is 11.3 Å². The second-order valence-electron chi connectivity index (χ2n) is 9.89. The van der Waals surface area contributed by atoms with Gasteiger partial charge in [-0.1, -0.05) is 48.0 Å². The molecule has 1 unspecified atom stereocenters. The minimum Gasteiger partial charge on any atom is -0.507 e. The van der Waals surface area contributed by atoms with Crippen LogP contribution in [0.1, 0.15) is 37.4 Å². The molecular weight excluding hydrogens is 552 g/mol. The van der Waals surface area contributed by atoms with Gasteiger partial charge in [0, 0.05) is 36.2 Å². The average molecular weight is 588 g/mol. The third-order valence-corrected chi connectivity index (χ3v) is 7.40. The van der Waals surface area contributed by atoms with Crippen molar-refractivity contribution >= 4 is 33.4 Å². The molecule has 1 N–H and O–H groups in total. The van der Waals surface area contributed by atoms with Gasteiger partial charge in [0.15, 0.2) is 11.5 Å². The quantitative estimate of drug-likeness (QED) is 0.246. The lowest BCUT2D eigenvalue weighted by atomic mass is 9.95. The number of hydrogen-bond donors (Lipinski definition) is 1. The Morgan fingerprint density at radius 2 is 1.79 bits per heavy atom. The Labute approximate surface area is 232 Å². The van der Waals surface area contributed by atoms with Gasteiger partial charge in [-0.25, -0.2) is 0 Å². The highest BCUT2D eigenvalue weighted by Crippen LogP contribution is 2.42. The molecule has 2 aliphatic heterocycles. The number of ether oxygens (including phenoxy) is 3. The molecule has 1 amide bonds. The van der Waals surface area contributed by atoms with E-state index in [1.807, 2.05) is 6.07 Å². The first-order valence-electron chi connectivity index (χ1n) is 12.9. The van der Waals surface area contributed by atoms with Crippen LogP contribution in [-0.2, 0) is 14.3 Å². The van der Waals surface area contributed by atoms with Crippen LogP contribution in [0.15, 0.2) is 52.5 Å². The summed E-state index contributed by atoms with van der Waals surface area (Å²) in [6.07, 6.45) is 0.903. The van der Waals surface area contributed by atoms with Crippen LogP contribution in [0.2, 0.25) is 0 Å². The van der Waals surface area contributed by atoms with Gasteiger partial charge in [0.05, 0.1) is 38.5 Å². The van der Waals surface area contributed by atoms with Crippen molar-refractivity contribution in [1.29, 1.82) is 0 Å². The lowest BCUT2D eigenvalue weighted by Gasteiger charge is -2.31. The number of rotatable bonds is 10. The number of morpholine rings is 1. The molecule has 2 aliphatic rings. The van der Waals surface area contributed by atoms with Crippen molar-refractivity contribution in [2.75, 3.05) is 53.1 Å². The van der Waals surface area contributed by atoms with E-state index >= 15 is 0 Å². The SMILES string of the molecule is COc1cc(C2/C(=C(\O)c3ccc(Br)cc3)C(=O)C(=O)N2CCN2CCOCC2)ccc1OCCC(C)C. The highest BCUT2D eigenvalue weighted by molar-refractivity contribution is 9.10. The van der Waals surface area contributed by atoms with Gasteiger partial charge in [0.25, 0.3) is 11.7 Å². The van der Waals surface area contributed by atoms with Crippen molar-refractivity contribution < 1.29 is 28.9 Å². The van der Waals surface area contributed by atoms with Crippen LogP contribution in [0.3, 0.4) is 0 Å². The van der Waals surface area contributed by atoms with Gasteiger partial charge < -0.3 is 24.2 Å². The molecule has 2 aromatic carbocycles. The van der Waals surface area contributed by atoms with E-state index in [9.17, 15) is 14.7 Å². The predicted octanol–water partition coefficient (Wildman–Crippen LogP) is 4.64. The number of benzene rings is 2. The zero-order valence-electron chi connectivity index (χ0n) is 22.1. The molecule has 4 rings (SSSR count). The number of carbonyl (C=O) groups is 2. The largest absolute Gasteiger partial charge is 0.507 e. The van der Waals surface area contributed by atoms with E-state index in [2.05, 4.69) is 34.7 Å². The molecule has 38 heavy (non-hydrogen) atoms. The second kappa shape index (κ2) is 12.8. The predicted molar refractivity (Wildman–Crippen MR) is 148 cm³/mol. The van der Waals surface area contributed by atoms with Gasteiger partial charge in [-0.3, -0.25) is 14.5 Å². The van der Waals surface area contributed by atoms with Gasteiger partial charge in [-0.05, 0) is 42.2 Å². The Morgan fingerprint density at radius 3 is 2.45 bits per heavy atom. The number of halogens is 1. The van der Waals surface area contributed by atoms with Crippen LogP contribution < -0.4 is 9.47 Å². The molecule has 0 spiro atoms. The maximum atomic E-state index is 13.4. The van der Waals surface area contributed by atoms with E-state index < -0.39 is 17.7 Å². The Morgan fingerprint density at radius 1 is 1.08 bits per heavy atom. The van der Waals surface area contributed by atoms with Gasteiger partial charge in [-0.2, -0.15) is 0 Å². The summed E-state index contributed by atoms with van der Waals surface area (Å²) in [5.41, 5.74) is 1.19. The van der Waals surface area contributed by atoms with E-state index in [0.29, 0.717) is 61.5 Å². The molecule has 2 saturated heterocycles. The second-order valence-corrected chi connectivity index (χ2v) is 10.8. The van der Waals surface area contributed by atoms with E-state index in [4.69, 9.17) is 14.2 Å². The van der Waals surface area contributed by atoms with Crippen LogP contribution >= 0.6 is 15.9 Å². The molecule has 0 aromatic heterocycles. The lowest BCUT2D eigenvalue weighted by molar-refractivity contribution is -0.140. The van der Waals surface area contributed by atoms with Gasteiger partial charge >= 0.3 is 0 Å². The smallest absolute Gasteiger partial charge is 0.295 e. The molecule has 2 fully saturated rings. The minimum atomic E-state index is -0.765. The number of Topliss-reactive ketones (excluding diaryl/α,β-unsaturated/α-hetero) is 1. The van der Waals surface area contributed by atoms with Crippen molar-refractivity contribution in [3.63, 3.8) is 0 Å². The van der Waals surface area contributed by atoms with Crippen LogP contribution in [0, 0.1) is 5.92 Å². The number of aliphatic hydroxyl groups is 1. The highest BCUT2D eigenvalue weighted by Gasteiger charge is 2.46. The third kappa shape index (κ3) is 6.39. The number of methoxy groups -OCH3 is 1. The van der Waals surface area contributed by atoms with Crippen LogP contribution in [0.5, 0.6) is 11.5 Å². The summed E-state index contributed by atoms with van der Waals surface area (Å²) in [5, 5.41) is 11.3. The minimum absolute atomic E-state index is 0.0647. The Hall–Kier alpha value is -2.88. The summed E-state index contributed by atoms with van der Waals surface area (Å²) in [5.74, 6) is 0.0755. The first-order chi connectivity index (χ1) is 18.3. The topological polar surface area (TPSA) is 88.5 Å². The van der Waals surface area contributed by atoms with Gasteiger partial charge in [-0.15, -0.1) is 0 Å². The first-order valence-corrected chi connectivity index (χ1v) is 13.7. The molecule has 0 radical (unpaired) electrons. The standard InChI is InChI=1S/C29H35BrN2O6/c1-19(2)10-15-38-23-9-6-21(18-24(23)36-3)26-25(27(33)20-4-7-22(30)8-5-20)28(34)29(35)32(26)12-11-31-13-16-37-17-14-31/h4-9,18-19,26,33H,10-17H2,1-3H3/b27-25+. The Balaban J connectivity index is 1.72. The number of ketones is 1. The number of nitrogens with zero attached hydrogens (tertiary/aromatic N) is 2. The van der Waals surface area contributed by atoms with Crippen LogP contribution in [-0.4, -0.2) is 79.7 Å². The molecule has 0 aliphatic carbocycles. The van der Waals surface area contributed by atoms with Gasteiger partial charge in [0.2, 0.25) is 0 Å². The summed E-state index contributed by atoms with van der Waals surface area (Å²) in [7, 11) is 1.56. The van der Waals surface area contributed by atoms with Crippen molar-refractivity contribution in [1.82, 2.24) is 9.80 Å². The molecule has 2 heterocycles. The molecule has 0 saturated carbocycles. The fourth-order valence-electron chi connectivity index (χ4n) is 4.67. The number of carbonyl (C=O) groups excluding carboxylic acids is 2. The van der Waals surface area contributed by atoms with Gasteiger partial charge in [0.1, 0.15) is 5.76 Å². The number of aliphatic hydroxyl groups excluding tert-OH is 1. The molecule has 8 nitrogen and oxygen atoms in total. The normalized spacial score (nSPS) is 19.8. The molecule has 2 aromatic rings. The van der Waals surface area contributed by atoms with Crippen molar-refractivity contribution in [2.24, 2.45) is 5.92 Å². The first kappa shape index (κ1) is 28.1. The molecule has 9 heteroatoms. The monoisotopic (exact) mass is 586 g/mol. The number of hydrogen-bond acceptors (Lipinski definition) is 7. The van der Waals surface area contributed by atoms with Crippen LogP contribution in [0.4, 0.5) is 0 Å². The van der Waals surface area contributed by atoms with Crippen molar-refractivity contribution in [2.45, 2.75) is 26.3 Å². The highest BCUT2D eigenvalue weighted by atomic mass is 79.9. The van der Waals surface area contributed by atoms with E-state index in [1.165, 1.54) is 0 Å². The average Bonchev–Trinajstić information content (AvgIpc) is 3.17. The van der Waals surface area contributed by atoms with E-state index in [0.717, 1.165) is 24.0 Å². The molecule has 1 atom stereocenters. The zero-order chi connectivity index (χ0) is 27.2. The fourth-order valence-corrected chi connectivity index (χ4v) is 4.94. The Bertz CT molecular complexity index is 1170. The Kier molecular flexibility index (Phi) is 9.46. The molecular formula is C29H35BrN2O6. The van der Waals surface area contributed by atoms with E-state index in [1.54, 1.807) is 48.4 Å². The third-order valence-electron chi connectivity index (χ3n) is 6.87. The summed E-state index contributed by atoms with van der Waals surface area (Å²) in [4.78, 5) is 30.4. The summed E-state index contributed by atoms with van der Waals surface area (Å²) >= 11 is 3.40. The summed E-state index contributed by atoms with van der Waals surface area (Å²) in [6, 6.07) is 11.6. The van der Waals surface area contributed by atoms with Crippen molar-refractivity contribution in [3.8, 4) is 11.5 Å². The number of amides is 1. The lowest BCUT2D eigenvalue weighted by Crippen LogP contribution is -2.42. The summed E-state index contributed by atoms with van der Waals surface area (Å²) < 4.78 is 17.9. The molecule has 0 bridgehead atoms. The van der Waals surface area contributed by atoms with Crippen LogP contribution in [0.25, 0.3) is 5.76 Å². The zero-order valence-corrected chi connectivity index (χ0v) is 23.7.